The van der Waals surface area contributed by atoms with Gasteiger partial charge in [-0.05, 0) is 81.4 Å². The Hall–Kier alpha value is -4.46. The molecule has 39 heavy (non-hydrogen) atoms. The first kappa shape index (κ1) is 24.9. The number of benzene rings is 4. The summed E-state index contributed by atoms with van der Waals surface area (Å²) in [5.41, 5.74) is 8.62. The van der Waals surface area contributed by atoms with Gasteiger partial charge < -0.3 is 0 Å². The van der Waals surface area contributed by atoms with Gasteiger partial charge in [0, 0.05) is 15.3 Å². The smallest absolute Gasteiger partial charge is 0.0355 e. The molecule has 6 rings (SSSR count). The summed E-state index contributed by atoms with van der Waals surface area (Å²) in [6.45, 7) is 8.31. The lowest BCUT2D eigenvalue weighted by molar-refractivity contribution is 1.47. The second-order valence-electron chi connectivity index (χ2n) is 9.80. The Bertz CT molecular complexity index is 1860. The van der Waals surface area contributed by atoms with E-state index in [1.165, 1.54) is 70.2 Å². The molecule has 0 fully saturated rings. The van der Waals surface area contributed by atoms with Crippen LogP contribution in [0.25, 0.3) is 69.1 Å². The summed E-state index contributed by atoms with van der Waals surface area (Å²) in [5.74, 6) is 0. The Balaban J connectivity index is 1.65. The van der Waals surface area contributed by atoms with E-state index in [1.54, 1.807) is 0 Å². The third-order valence-electron chi connectivity index (χ3n) is 7.32. The quantitative estimate of drug-likeness (QED) is 0.208. The molecule has 5 aromatic rings. The Morgan fingerprint density at radius 3 is 2.05 bits per heavy atom. The van der Waals surface area contributed by atoms with Gasteiger partial charge in [-0.25, -0.2) is 0 Å². The maximum absolute atomic E-state index is 4.12. The molecule has 1 heterocycles. The molecule has 1 heteroatoms. The van der Waals surface area contributed by atoms with Crippen LogP contribution in [0.2, 0.25) is 0 Å². The van der Waals surface area contributed by atoms with Crippen molar-refractivity contribution in [3.8, 4) is 11.1 Å². The van der Waals surface area contributed by atoms with E-state index in [2.05, 4.69) is 148 Å². The molecule has 4 aromatic carbocycles. The van der Waals surface area contributed by atoms with Gasteiger partial charge in [0.25, 0.3) is 0 Å². The van der Waals surface area contributed by atoms with Crippen molar-refractivity contribution < 1.29 is 0 Å². The fourth-order valence-corrected chi connectivity index (χ4v) is 6.56. The van der Waals surface area contributed by atoms with Crippen LogP contribution in [-0.2, 0) is 0 Å². The topological polar surface area (TPSA) is 0 Å². The van der Waals surface area contributed by atoms with Crippen LogP contribution in [0.3, 0.4) is 0 Å². The van der Waals surface area contributed by atoms with Gasteiger partial charge in [-0.2, -0.15) is 0 Å². The van der Waals surface area contributed by atoms with Gasteiger partial charge in [0.2, 0.25) is 0 Å². The third-order valence-corrected chi connectivity index (χ3v) is 8.47. The summed E-state index contributed by atoms with van der Waals surface area (Å²) in [5, 5.41) is 5.06. The minimum atomic E-state index is 1.18. The number of hydrogen-bond donors (Lipinski definition) is 0. The molecular weight excluding hydrogens is 488 g/mol. The number of thiophene rings is 1. The van der Waals surface area contributed by atoms with Gasteiger partial charge in [-0.1, -0.05) is 127 Å². The molecule has 0 amide bonds. The van der Waals surface area contributed by atoms with Gasteiger partial charge in [0.15, 0.2) is 0 Å². The predicted molar refractivity (Wildman–Crippen MR) is 177 cm³/mol. The maximum atomic E-state index is 4.12. The summed E-state index contributed by atoms with van der Waals surface area (Å²) in [7, 11) is 0. The van der Waals surface area contributed by atoms with Crippen LogP contribution in [0.15, 0.2) is 104 Å². The number of aryl methyl sites for hydroxylation is 1. The van der Waals surface area contributed by atoms with E-state index in [1.807, 2.05) is 17.4 Å². The van der Waals surface area contributed by atoms with E-state index in [-0.39, 0.29) is 0 Å². The molecule has 0 aliphatic heterocycles. The summed E-state index contributed by atoms with van der Waals surface area (Å²) in [4.78, 5) is 2.46. The van der Waals surface area contributed by atoms with E-state index in [0.29, 0.717) is 0 Å². The highest BCUT2D eigenvalue weighted by Gasteiger charge is 2.14. The van der Waals surface area contributed by atoms with Gasteiger partial charge in [-0.3, -0.25) is 0 Å². The van der Waals surface area contributed by atoms with Gasteiger partial charge in [0.1, 0.15) is 0 Å². The second-order valence-corrected chi connectivity index (χ2v) is 10.9. The number of rotatable bonds is 3. The van der Waals surface area contributed by atoms with Crippen LogP contribution in [0, 0.1) is 6.92 Å². The van der Waals surface area contributed by atoms with Crippen LogP contribution < -0.4 is 0 Å². The molecule has 0 nitrogen and oxygen atoms in total. The van der Waals surface area contributed by atoms with Gasteiger partial charge in [-0.15, -0.1) is 11.3 Å². The normalized spacial score (nSPS) is 13.0. The van der Waals surface area contributed by atoms with Crippen LogP contribution in [-0.4, -0.2) is 0 Å². The Morgan fingerprint density at radius 2 is 1.31 bits per heavy atom. The van der Waals surface area contributed by atoms with Crippen molar-refractivity contribution in [2.45, 2.75) is 13.8 Å². The zero-order valence-corrected chi connectivity index (χ0v) is 23.1. The van der Waals surface area contributed by atoms with Crippen molar-refractivity contribution in [3.63, 3.8) is 0 Å². The lowest BCUT2D eigenvalue weighted by Crippen LogP contribution is -1.90. The molecule has 0 saturated heterocycles. The molecule has 1 aromatic heterocycles. The summed E-state index contributed by atoms with van der Waals surface area (Å²) >= 11 is 1.81. The minimum Gasteiger partial charge on any atom is -0.135 e. The molecule has 0 bridgehead atoms. The monoisotopic (exact) mass is 518 g/mol. The molecule has 0 spiro atoms. The predicted octanol–water partition coefficient (Wildman–Crippen LogP) is 11.5. The summed E-state index contributed by atoms with van der Waals surface area (Å²) in [6.07, 6.45) is 23.7. The van der Waals surface area contributed by atoms with Crippen LogP contribution >= 0.6 is 11.3 Å². The van der Waals surface area contributed by atoms with E-state index in [4.69, 9.17) is 0 Å². The van der Waals surface area contributed by atoms with Crippen molar-refractivity contribution >= 4 is 69.3 Å². The van der Waals surface area contributed by atoms with Crippen molar-refractivity contribution in [2.24, 2.45) is 0 Å². The van der Waals surface area contributed by atoms with E-state index >= 15 is 0 Å². The van der Waals surface area contributed by atoms with Crippen molar-refractivity contribution in [2.75, 3.05) is 0 Å². The van der Waals surface area contributed by atoms with Crippen molar-refractivity contribution in [1.29, 1.82) is 0 Å². The second kappa shape index (κ2) is 10.7. The lowest BCUT2D eigenvalue weighted by Gasteiger charge is -2.15. The van der Waals surface area contributed by atoms with Crippen molar-refractivity contribution in [3.05, 3.63) is 141 Å². The Morgan fingerprint density at radius 1 is 0.641 bits per heavy atom. The summed E-state index contributed by atoms with van der Waals surface area (Å²) in [6, 6.07) is 24.5. The molecule has 0 N–H and O–H groups in total. The Labute approximate surface area is 235 Å². The minimum absolute atomic E-state index is 1.18. The van der Waals surface area contributed by atoms with E-state index in [9.17, 15) is 0 Å². The highest BCUT2D eigenvalue weighted by Crippen LogP contribution is 2.39. The average Bonchev–Trinajstić information content (AvgIpc) is 3.29. The van der Waals surface area contributed by atoms with Crippen LogP contribution in [0.1, 0.15) is 44.5 Å². The molecule has 0 saturated carbocycles. The van der Waals surface area contributed by atoms with E-state index in [0.717, 1.165) is 0 Å². The maximum Gasteiger partial charge on any atom is 0.0355 e. The standard InChI is InChI=1S/C38H30S/c1-4-12-37-29(5-2)35-16-9-7-6-8-13-31-30-14-10-11-15-32(30)36-25-28(27-19-17-26(3)18-20-27)21-22-34(36)33(31)23-24-38(35)39-37/h4-25H,2H2,1,3H3/b7-6?,8-6?,9-7?,12-4-,13-8?,16-9?,24-23?,31-13?,33-23?,35-16?,38-24?. The molecule has 0 radical (unpaired) electrons. The van der Waals surface area contributed by atoms with Crippen LogP contribution in [0.4, 0.5) is 0 Å². The molecule has 188 valence electrons. The molecule has 0 atom stereocenters. The van der Waals surface area contributed by atoms with Gasteiger partial charge >= 0.3 is 0 Å². The molecule has 0 unspecified atom stereocenters. The zero-order valence-electron chi connectivity index (χ0n) is 22.3. The fraction of sp³-hybridized carbons (Fsp3) is 0.0526. The lowest BCUT2D eigenvalue weighted by atomic mass is 9.89. The number of fused-ring (bicyclic) bond motifs is 7. The van der Waals surface area contributed by atoms with Crippen molar-refractivity contribution in [1.82, 2.24) is 0 Å². The fourth-order valence-electron chi connectivity index (χ4n) is 5.40. The van der Waals surface area contributed by atoms with E-state index < -0.39 is 0 Å². The Kier molecular flexibility index (Phi) is 6.84. The summed E-state index contributed by atoms with van der Waals surface area (Å²) < 4.78 is 0. The molecule has 1 aliphatic rings. The highest BCUT2D eigenvalue weighted by molar-refractivity contribution is 7.14. The molecular formula is C38H30S. The first-order valence-corrected chi connectivity index (χ1v) is 14.2. The number of allylic oxidation sites excluding steroid dienone is 5. The number of hydrogen-bond acceptors (Lipinski definition) is 1. The highest BCUT2D eigenvalue weighted by atomic mass is 32.1. The first-order chi connectivity index (χ1) is 19.2. The molecule has 1 aliphatic carbocycles. The third kappa shape index (κ3) is 4.67. The van der Waals surface area contributed by atoms with Gasteiger partial charge in [0.05, 0.1) is 0 Å². The largest absolute Gasteiger partial charge is 0.135 e. The first-order valence-electron chi connectivity index (χ1n) is 13.3. The zero-order chi connectivity index (χ0) is 26.8. The average molecular weight is 519 g/mol. The SMILES string of the molecule is C=Cc1c(/C=C\C)sc2c1C=CC=CC=Cc1c(c3ccc(-c4ccc(C)cc4)cc3c3ccccc13)C=C2. The van der Waals surface area contributed by atoms with Crippen LogP contribution in [0.5, 0.6) is 0 Å².